The molecule has 0 spiro atoms. The molecule has 25 heavy (non-hydrogen) atoms. The molecule has 4 atom stereocenters. The summed E-state index contributed by atoms with van der Waals surface area (Å²) in [5.41, 5.74) is 0. The molecule has 0 amide bonds. The number of rotatable bonds is 15. The monoisotopic (exact) mass is 358 g/mol. The number of aliphatic hydroxyl groups excluding tert-OH is 3. The first-order valence-electron chi connectivity index (χ1n) is 10.0. The van der Waals surface area contributed by atoms with Crippen LogP contribution in [-0.2, 0) is 9.47 Å². The third-order valence-electron chi connectivity index (χ3n) is 4.84. The van der Waals surface area contributed by atoms with Crippen LogP contribution in [0, 0.1) is 0 Å². The van der Waals surface area contributed by atoms with E-state index < -0.39 is 24.4 Å². The van der Waals surface area contributed by atoms with Gasteiger partial charge in [0, 0.05) is 6.61 Å². The average Bonchev–Trinajstić information content (AvgIpc) is 2.61. The summed E-state index contributed by atoms with van der Waals surface area (Å²) >= 11 is 0. The van der Waals surface area contributed by atoms with Crippen molar-refractivity contribution in [2.45, 2.75) is 95.0 Å². The number of allylic oxidation sites excluding steroid dienone is 1. The van der Waals surface area contributed by atoms with Crippen molar-refractivity contribution in [1.82, 2.24) is 0 Å². The summed E-state index contributed by atoms with van der Waals surface area (Å²) in [6, 6.07) is 0. The van der Waals surface area contributed by atoms with Crippen LogP contribution in [0.3, 0.4) is 0 Å². The molecule has 5 heteroatoms. The minimum atomic E-state index is -1.15. The van der Waals surface area contributed by atoms with E-state index in [9.17, 15) is 15.3 Å². The minimum Gasteiger partial charge on any atom is -0.388 e. The molecule has 0 aliphatic carbocycles. The lowest BCUT2D eigenvalue weighted by molar-refractivity contribution is -0.199. The molecule has 0 bridgehead atoms. The molecule has 1 rings (SSSR count). The van der Waals surface area contributed by atoms with Gasteiger partial charge in [0.05, 0.1) is 13.2 Å². The van der Waals surface area contributed by atoms with Crippen LogP contribution in [0.1, 0.15) is 70.6 Å². The summed E-state index contributed by atoms with van der Waals surface area (Å²) in [7, 11) is 0. The van der Waals surface area contributed by atoms with Crippen LogP contribution < -0.4 is 0 Å². The smallest absolute Gasteiger partial charge is 0.111 e. The van der Waals surface area contributed by atoms with Crippen LogP contribution in [0.4, 0.5) is 0 Å². The van der Waals surface area contributed by atoms with Crippen LogP contribution in [-0.4, -0.2) is 59.6 Å². The number of unbranched alkanes of at least 4 members (excludes halogenated alkanes) is 10. The quantitative estimate of drug-likeness (QED) is 0.310. The van der Waals surface area contributed by atoms with Gasteiger partial charge in [-0.3, -0.25) is 0 Å². The fourth-order valence-corrected chi connectivity index (χ4v) is 3.12. The molecule has 0 saturated carbocycles. The minimum absolute atomic E-state index is 0.0422. The third-order valence-corrected chi connectivity index (χ3v) is 4.84. The van der Waals surface area contributed by atoms with Gasteiger partial charge in [0.25, 0.3) is 0 Å². The number of aliphatic hydroxyl groups is 3. The average molecular weight is 359 g/mol. The van der Waals surface area contributed by atoms with Gasteiger partial charge in [-0.1, -0.05) is 57.4 Å². The molecule has 0 unspecified atom stereocenters. The van der Waals surface area contributed by atoms with E-state index in [0.29, 0.717) is 6.61 Å². The molecule has 0 aromatic carbocycles. The first-order valence-corrected chi connectivity index (χ1v) is 10.0. The second-order valence-corrected chi connectivity index (χ2v) is 7.11. The standard InChI is InChI=1S/C20H38O5/c1-2-3-4-5-6-7-8-9-10-11-12-13-14-24-16-18-20(23)19(22)17(21)15-25-18/h2,17-23H,1,3-16H2/t17-,18+,19+,20+/m0/s1. The summed E-state index contributed by atoms with van der Waals surface area (Å²) in [4.78, 5) is 0. The van der Waals surface area contributed by atoms with Gasteiger partial charge in [0.1, 0.15) is 24.4 Å². The summed E-state index contributed by atoms with van der Waals surface area (Å²) in [5, 5.41) is 28.8. The van der Waals surface area contributed by atoms with Crippen LogP contribution >= 0.6 is 0 Å². The molecule has 1 aliphatic heterocycles. The van der Waals surface area contributed by atoms with E-state index in [1.54, 1.807) is 0 Å². The summed E-state index contributed by atoms with van der Waals surface area (Å²) in [5.74, 6) is 0. The van der Waals surface area contributed by atoms with Crippen LogP contribution in [0.25, 0.3) is 0 Å². The predicted molar refractivity (Wildman–Crippen MR) is 99.6 cm³/mol. The molecule has 0 aromatic heterocycles. The topological polar surface area (TPSA) is 79.2 Å². The number of hydrogen-bond acceptors (Lipinski definition) is 5. The normalized spacial score (nSPS) is 26.7. The Morgan fingerprint density at radius 2 is 1.40 bits per heavy atom. The highest BCUT2D eigenvalue weighted by atomic mass is 16.6. The number of hydrogen-bond donors (Lipinski definition) is 3. The second kappa shape index (κ2) is 14.7. The van der Waals surface area contributed by atoms with Gasteiger partial charge in [-0.2, -0.15) is 0 Å². The molecule has 1 heterocycles. The molecular formula is C20H38O5. The lowest BCUT2D eigenvalue weighted by Gasteiger charge is -2.35. The van der Waals surface area contributed by atoms with Gasteiger partial charge in [-0.05, 0) is 19.3 Å². The van der Waals surface area contributed by atoms with Crippen molar-refractivity contribution in [3.05, 3.63) is 12.7 Å². The Hall–Kier alpha value is -0.460. The number of ether oxygens (including phenoxy) is 2. The Bertz CT molecular complexity index is 323. The highest BCUT2D eigenvalue weighted by molar-refractivity contribution is 4.86. The van der Waals surface area contributed by atoms with Crippen LogP contribution in [0.15, 0.2) is 12.7 Å². The van der Waals surface area contributed by atoms with Crippen molar-refractivity contribution < 1.29 is 24.8 Å². The van der Waals surface area contributed by atoms with E-state index in [0.717, 1.165) is 19.3 Å². The van der Waals surface area contributed by atoms with E-state index >= 15 is 0 Å². The fraction of sp³-hybridized carbons (Fsp3) is 0.900. The molecule has 1 saturated heterocycles. The molecule has 3 N–H and O–H groups in total. The zero-order chi connectivity index (χ0) is 18.3. The molecule has 148 valence electrons. The molecule has 5 nitrogen and oxygen atoms in total. The maximum atomic E-state index is 9.79. The Morgan fingerprint density at radius 1 is 0.840 bits per heavy atom. The molecular weight excluding hydrogens is 320 g/mol. The van der Waals surface area contributed by atoms with E-state index in [2.05, 4.69) is 6.58 Å². The van der Waals surface area contributed by atoms with Crippen molar-refractivity contribution in [2.24, 2.45) is 0 Å². The molecule has 1 fully saturated rings. The van der Waals surface area contributed by atoms with Crippen molar-refractivity contribution in [3.8, 4) is 0 Å². The largest absolute Gasteiger partial charge is 0.388 e. The zero-order valence-electron chi connectivity index (χ0n) is 15.7. The predicted octanol–water partition coefficient (Wildman–Crippen LogP) is 2.96. The molecule has 1 aliphatic rings. The van der Waals surface area contributed by atoms with Crippen LogP contribution in [0.2, 0.25) is 0 Å². The maximum absolute atomic E-state index is 9.79. The lowest BCUT2D eigenvalue weighted by atomic mass is 10.0. The van der Waals surface area contributed by atoms with Crippen molar-refractivity contribution in [1.29, 1.82) is 0 Å². The Labute approximate surface area is 153 Å². The van der Waals surface area contributed by atoms with E-state index in [1.807, 2.05) is 6.08 Å². The van der Waals surface area contributed by atoms with Gasteiger partial charge in [0.2, 0.25) is 0 Å². The van der Waals surface area contributed by atoms with Gasteiger partial charge in [-0.25, -0.2) is 0 Å². The highest BCUT2D eigenvalue weighted by Crippen LogP contribution is 2.16. The van der Waals surface area contributed by atoms with Gasteiger partial charge in [-0.15, -0.1) is 6.58 Å². The van der Waals surface area contributed by atoms with E-state index in [1.165, 1.54) is 51.4 Å². The highest BCUT2D eigenvalue weighted by Gasteiger charge is 2.37. The first-order chi connectivity index (χ1) is 12.2. The van der Waals surface area contributed by atoms with Crippen LogP contribution in [0.5, 0.6) is 0 Å². The summed E-state index contributed by atoms with van der Waals surface area (Å²) in [6.45, 7) is 4.69. The fourth-order valence-electron chi connectivity index (χ4n) is 3.12. The summed E-state index contributed by atoms with van der Waals surface area (Å²) in [6.07, 6.45) is 12.0. The maximum Gasteiger partial charge on any atom is 0.111 e. The lowest BCUT2D eigenvalue weighted by Crippen LogP contribution is -2.54. The van der Waals surface area contributed by atoms with Gasteiger partial charge >= 0.3 is 0 Å². The Balaban J connectivity index is 1.82. The first kappa shape index (κ1) is 22.6. The van der Waals surface area contributed by atoms with E-state index in [4.69, 9.17) is 9.47 Å². The molecule has 0 radical (unpaired) electrons. The summed E-state index contributed by atoms with van der Waals surface area (Å²) < 4.78 is 10.8. The van der Waals surface area contributed by atoms with Crippen molar-refractivity contribution >= 4 is 0 Å². The SMILES string of the molecule is C=CCCCCCCCCCCCCOC[C@H]1OC[C@H](O)[C@@H](O)[C@@H]1O. The van der Waals surface area contributed by atoms with Crippen molar-refractivity contribution in [3.63, 3.8) is 0 Å². The molecule has 0 aromatic rings. The zero-order valence-corrected chi connectivity index (χ0v) is 15.7. The second-order valence-electron chi connectivity index (χ2n) is 7.11. The van der Waals surface area contributed by atoms with Gasteiger partial charge < -0.3 is 24.8 Å². The van der Waals surface area contributed by atoms with Crippen molar-refractivity contribution in [2.75, 3.05) is 19.8 Å². The Kier molecular flexibility index (Phi) is 13.3. The van der Waals surface area contributed by atoms with Gasteiger partial charge in [0.15, 0.2) is 0 Å². The third kappa shape index (κ3) is 10.3. The Morgan fingerprint density at radius 3 is 2.00 bits per heavy atom. The van der Waals surface area contributed by atoms with E-state index in [-0.39, 0.29) is 13.2 Å².